The summed E-state index contributed by atoms with van der Waals surface area (Å²) in [6.45, 7) is 6.10. The standard InChI is InChI=1S/C31H30N4O4/c1-20-7-13-27(14-8-20)39-28-15-11-26(12-16-28)34-19-24(18-29(34)36)30(37)32-25-6-4-5-23(17-25)31(38)33-35-21(2)9-10-22(35)3/h4-17,24H,18-19H2,1-3H3,(H,32,37)(H,33,38)/t24-/m1/s1. The van der Waals surface area contributed by atoms with Gasteiger partial charge in [0.2, 0.25) is 11.8 Å². The summed E-state index contributed by atoms with van der Waals surface area (Å²) in [6, 6.07) is 25.6. The van der Waals surface area contributed by atoms with Gasteiger partial charge in [0.25, 0.3) is 5.91 Å². The average molecular weight is 523 g/mol. The zero-order valence-electron chi connectivity index (χ0n) is 22.1. The van der Waals surface area contributed by atoms with E-state index in [-0.39, 0.29) is 30.7 Å². The summed E-state index contributed by atoms with van der Waals surface area (Å²) in [5.41, 5.74) is 7.46. The largest absolute Gasteiger partial charge is 0.457 e. The Balaban J connectivity index is 1.20. The number of hydrogen-bond acceptors (Lipinski definition) is 4. The third kappa shape index (κ3) is 5.85. The van der Waals surface area contributed by atoms with E-state index in [1.54, 1.807) is 33.8 Å². The first-order chi connectivity index (χ1) is 18.8. The number of nitrogens with zero attached hydrogens (tertiary/aromatic N) is 2. The molecule has 198 valence electrons. The van der Waals surface area contributed by atoms with E-state index in [1.165, 1.54) is 0 Å². The molecule has 1 aromatic heterocycles. The number of rotatable bonds is 7. The second kappa shape index (κ2) is 10.9. The zero-order chi connectivity index (χ0) is 27.5. The van der Waals surface area contributed by atoms with Crippen molar-refractivity contribution < 1.29 is 19.1 Å². The van der Waals surface area contributed by atoms with Crippen LogP contribution in [0.15, 0.2) is 84.9 Å². The van der Waals surface area contributed by atoms with Crippen LogP contribution in [0.4, 0.5) is 11.4 Å². The molecule has 1 atom stereocenters. The molecule has 3 aromatic carbocycles. The quantitative estimate of drug-likeness (QED) is 0.331. The highest BCUT2D eigenvalue weighted by Crippen LogP contribution is 2.29. The molecular formula is C31H30N4O4. The summed E-state index contributed by atoms with van der Waals surface area (Å²) < 4.78 is 7.59. The molecule has 0 spiro atoms. The molecule has 0 radical (unpaired) electrons. The van der Waals surface area contributed by atoms with Gasteiger partial charge in [-0.1, -0.05) is 23.8 Å². The van der Waals surface area contributed by atoms with Gasteiger partial charge in [0.05, 0.1) is 5.92 Å². The molecule has 39 heavy (non-hydrogen) atoms. The fourth-order valence-electron chi connectivity index (χ4n) is 4.56. The molecule has 1 aliphatic heterocycles. The number of aryl methyl sites for hydroxylation is 3. The molecule has 0 saturated carbocycles. The maximum atomic E-state index is 13.0. The van der Waals surface area contributed by atoms with Gasteiger partial charge in [-0.3, -0.25) is 24.5 Å². The third-order valence-corrected chi connectivity index (χ3v) is 6.78. The Bertz CT molecular complexity index is 1500. The molecule has 4 aromatic rings. The second-order valence-corrected chi connectivity index (χ2v) is 9.78. The van der Waals surface area contributed by atoms with Crippen molar-refractivity contribution in [3.8, 4) is 11.5 Å². The van der Waals surface area contributed by atoms with Crippen molar-refractivity contribution in [2.24, 2.45) is 5.92 Å². The van der Waals surface area contributed by atoms with Gasteiger partial charge in [-0.2, -0.15) is 0 Å². The Hall–Kier alpha value is -4.85. The van der Waals surface area contributed by atoms with Crippen molar-refractivity contribution in [1.82, 2.24) is 4.68 Å². The molecule has 1 fully saturated rings. The first-order valence-electron chi connectivity index (χ1n) is 12.8. The molecule has 0 aliphatic carbocycles. The first kappa shape index (κ1) is 25.8. The number of anilines is 2. The minimum absolute atomic E-state index is 0.111. The summed E-state index contributed by atoms with van der Waals surface area (Å²) in [4.78, 5) is 40.2. The zero-order valence-corrected chi connectivity index (χ0v) is 22.1. The molecular weight excluding hydrogens is 492 g/mol. The lowest BCUT2D eigenvalue weighted by Crippen LogP contribution is -2.28. The van der Waals surface area contributed by atoms with E-state index in [2.05, 4.69) is 10.7 Å². The molecule has 5 rings (SSSR count). The number of amides is 3. The Labute approximate surface area is 227 Å². The number of benzene rings is 3. The summed E-state index contributed by atoms with van der Waals surface area (Å²) >= 11 is 0. The molecule has 8 heteroatoms. The summed E-state index contributed by atoms with van der Waals surface area (Å²) in [5, 5.41) is 2.87. The number of nitrogens with one attached hydrogen (secondary N) is 2. The number of ether oxygens (including phenoxy) is 1. The van der Waals surface area contributed by atoms with Gasteiger partial charge in [-0.15, -0.1) is 0 Å². The lowest BCUT2D eigenvalue weighted by Gasteiger charge is -2.17. The van der Waals surface area contributed by atoms with Gasteiger partial charge in [0.15, 0.2) is 0 Å². The number of aromatic nitrogens is 1. The Morgan fingerprint density at radius 2 is 1.49 bits per heavy atom. The molecule has 1 aliphatic rings. The van der Waals surface area contributed by atoms with E-state index in [0.717, 1.165) is 22.7 Å². The predicted octanol–water partition coefficient (Wildman–Crippen LogP) is 5.58. The van der Waals surface area contributed by atoms with Gasteiger partial charge in [-0.05, 0) is 87.5 Å². The van der Waals surface area contributed by atoms with Crippen molar-refractivity contribution in [3.05, 3.63) is 107 Å². The Morgan fingerprint density at radius 1 is 0.846 bits per heavy atom. The van der Waals surface area contributed by atoms with Gasteiger partial charge < -0.3 is 15.0 Å². The maximum absolute atomic E-state index is 13.0. The molecule has 2 heterocycles. The minimum atomic E-state index is -0.511. The predicted molar refractivity (Wildman–Crippen MR) is 151 cm³/mol. The highest BCUT2D eigenvalue weighted by Gasteiger charge is 2.35. The second-order valence-electron chi connectivity index (χ2n) is 9.78. The van der Waals surface area contributed by atoms with Crippen LogP contribution < -0.4 is 20.4 Å². The van der Waals surface area contributed by atoms with Crippen LogP contribution in [0.25, 0.3) is 0 Å². The van der Waals surface area contributed by atoms with Crippen LogP contribution in [0.2, 0.25) is 0 Å². The third-order valence-electron chi connectivity index (χ3n) is 6.78. The van der Waals surface area contributed by atoms with Gasteiger partial charge in [0, 0.05) is 41.3 Å². The molecule has 3 amide bonds. The lowest BCUT2D eigenvalue weighted by atomic mass is 10.1. The van der Waals surface area contributed by atoms with Crippen molar-refractivity contribution in [2.45, 2.75) is 27.2 Å². The summed E-state index contributed by atoms with van der Waals surface area (Å²) in [5.74, 6) is 0.218. The highest BCUT2D eigenvalue weighted by atomic mass is 16.5. The first-order valence-corrected chi connectivity index (χ1v) is 12.8. The maximum Gasteiger partial charge on any atom is 0.270 e. The number of carbonyl (C=O) groups excluding carboxylic acids is 3. The molecule has 0 unspecified atom stereocenters. The van der Waals surface area contributed by atoms with Crippen LogP contribution in [0.5, 0.6) is 11.5 Å². The summed E-state index contributed by atoms with van der Waals surface area (Å²) in [7, 11) is 0. The van der Waals surface area contributed by atoms with Crippen LogP contribution in [0, 0.1) is 26.7 Å². The normalized spacial score (nSPS) is 14.8. The average Bonchev–Trinajstić information content (AvgIpc) is 3.47. The Kier molecular flexibility index (Phi) is 7.19. The summed E-state index contributed by atoms with van der Waals surface area (Å²) in [6.07, 6.45) is 0.111. The van der Waals surface area contributed by atoms with E-state index in [1.807, 2.05) is 81.4 Å². The van der Waals surface area contributed by atoms with Crippen molar-refractivity contribution in [1.29, 1.82) is 0 Å². The Morgan fingerprint density at radius 3 is 2.15 bits per heavy atom. The van der Waals surface area contributed by atoms with Crippen LogP contribution in [0.3, 0.4) is 0 Å². The van der Waals surface area contributed by atoms with Gasteiger partial charge >= 0.3 is 0 Å². The van der Waals surface area contributed by atoms with Gasteiger partial charge in [0.1, 0.15) is 11.5 Å². The molecule has 8 nitrogen and oxygen atoms in total. The van der Waals surface area contributed by atoms with Crippen LogP contribution >= 0.6 is 0 Å². The topological polar surface area (TPSA) is 92.7 Å². The van der Waals surface area contributed by atoms with E-state index in [4.69, 9.17) is 4.74 Å². The molecule has 2 N–H and O–H groups in total. The fraction of sp³-hybridized carbons (Fsp3) is 0.194. The monoisotopic (exact) mass is 522 g/mol. The number of carbonyl (C=O) groups is 3. The van der Waals surface area contributed by atoms with Crippen molar-refractivity contribution >= 4 is 29.1 Å². The fourth-order valence-corrected chi connectivity index (χ4v) is 4.56. The van der Waals surface area contributed by atoms with E-state index in [0.29, 0.717) is 22.7 Å². The SMILES string of the molecule is Cc1ccc(Oc2ccc(N3C[C@H](C(=O)Nc4cccc(C(=O)Nn5c(C)ccc5C)c4)CC3=O)cc2)cc1. The van der Waals surface area contributed by atoms with Crippen LogP contribution in [-0.4, -0.2) is 28.9 Å². The van der Waals surface area contributed by atoms with E-state index < -0.39 is 5.92 Å². The van der Waals surface area contributed by atoms with Crippen LogP contribution in [-0.2, 0) is 9.59 Å². The smallest absolute Gasteiger partial charge is 0.270 e. The lowest BCUT2D eigenvalue weighted by molar-refractivity contribution is -0.122. The molecule has 1 saturated heterocycles. The van der Waals surface area contributed by atoms with Crippen molar-refractivity contribution in [3.63, 3.8) is 0 Å². The number of hydrogen-bond donors (Lipinski definition) is 2. The van der Waals surface area contributed by atoms with Crippen molar-refractivity contribution in [2.75, 3.05) is 22.2 Å². The molecule has 0 bridgehead atoms. The van der Waals surface area contributed by atoms with Crippen LogP contribution in [0.1, 0.15) is 33.7 Å². The van der Waals surface area contributed by atoms with E-state index >= 15 is 0 Å². The van der Waals surface area contributed by atoms with Gasteiger partial charge in [-0.25, -0.2) is 0 Å². The minimum Gasteiger partial charge on any atom is -0.457 e. The van der Waals surface area contributed by atoms with E-state index in [9.17, 15) is 14.4 Å². The highest BCUT2D eigenvalue weighted by molar-refractivity contribution is 6.05.